The molecule has 1 aliphatic rings. The van der Waals surface area contributed by atoms with Gasteiger partial charge in [0.15, 0.2) is 17.3 Å². The van der Waals surface area contributed by atoms with E-state index < -0.39 is 0 Å². The van der Waals surface area contributed by atoms with E-state index in [1.54, 1.807) is 27.7 Å². The van der Waals surface area contributed by atoms with Crippen LogP contribution in [0.2, 0.25) is 0 Å². The second-order valence-electron chi connectivity index (χ2n) is 10.7. The molecule has 0 saturated carbocycles. The fourth-order valence-electron chi connectivity index (χ4n) is 5.71. The van der Waals surface area contributed by atoms with E-state index in [1.807, 2.05) is 65.4 Å². The molecule has 0 bridgehead atoms. The fraction of sp³-hybridized carbons (Fsp3) is 0.273. The average molecular weight is 610 g/mol. The van der Waals surface area contributed by atoms with Crippen LogP contribution in [0.5, 0.6) is 17.2 Å². The highest BCUT2D eigenvalue weighted by molar-refractivity contribution is 5.94. The van der Waals surface area contributed by atoms with Gasteiger partial charge in [-0.2, -0.15) is 4.98 Å². The largest absolute Gasteiger partial charge is 0.493 e. The lowest BCUT2D eigenvalue weighted by atomic mass is 10.0. The van der Waals surface area contributed by atoms with Crippen molar-refractivity contribution in [2.75, 3.05) is 50.0 Å². The maximum atomic E-state index is 11.6. The Kier molecular flexibility index (Phi) is 8.39. The predicted molar refractivity (Wildman–Crippen MR) is 173 cm³/mol. The molecule has 6 rings (SSSR count). The molecule has 0 spiro atoms. The summed E-state index contributed by atoms with van der Waals surface area (Å²) >= 11 is 0. The molecule has 232 valence electrons. The fourth-order valence-corrected chi connectivity index (χ4v) is 5.71. The monoisotopic (exact) mass is 609 g/mol. The smallest absolute Gasteiger partial charge is 0.230 e. The van der Waals surface area contributed by atoms with Crippen LogP contribution in [0.4, 0.5) is 23.3 Å². The van der Waals surface area contributed by atoms with E-state index in [2.05, 4.69) is 20.5 Å². The van der Waals surface area contributed by atoms with Crippen LogP contribution in [0.15, 0.2) is 67.1 Å². The first kappa shape index (κ1) is 29.7. The lowest BCUT2D eigenvalue weighted by Crippen LogP contribution is -2.33. The van der Waals surface area contributed by atoms with Gasteiger partial charge in [-0.15, -0.1) is 0 Å². The number of fused-ring (bicyclic) bond motifs is 1. The van der Waals surface area contributed by atoms with Gasteiger partial charge in [-0.1, -0.05) is 18.2 Å². The molecule has 45 heavy (non-hydrogen) atoms. The minimum atomic E-state index is -0.129. The first-order valence-corrected chi connectivity index (χ1v) is 14.6. The third kappa shape index (κ3) is 6.04. The number of anilines is 4. The normalized spacial score (nSPS) is 14.4. The SMILES string of the molecule is COc1cc(-n2cnc(Nc3nc(N4CCC[C@H]4CO)c4ccc(-c5cccc(NC(C)=O)c5)cc4n3)c2)cc(OC)c1OC. The third-order valence-corrected chi connectivity index (χ3v) is 7.82. The molecular formula is C33H35N7O5. The molecule has 3 heterocycles. The summed E-state index contributed by atoms with van der Waals surface area (Å²) in [6.07, 6.45) is 5.35. The molecule has 1 amide bonds. The Hall–Kier alpha value is -5.36. The van der Waals surface area contributed by atoms with Gasteiger partial charge in [0.25, 0.3) is 0 Å². The van der Waals surface area contributed by atoms with E-state index in [4.69, 9.17) is 24.2 Å². The van der Waals surface area contributed by atoms with Crippen LogP contribution >= 0.6 is 0 Å². The third-order valence-electron chi connectivity index (χ3n) is 7.82. The number of nitrogens with one attached hydrogen (secondary N) is 2. The van der Waals surface area contributed by atoms with Crippen molar-refractivity contribution < 1.29 is 24.1 Å². The van der Waals surface area contributed by atoms with Gasteiger partial charge in [-0.3, -0.25) is 4.79 Å². The van der Waals surface area contributed by atoms with E-state index in [0.717, 1.165) is 58.6 Å². The number of hydrogen-bond acceptors (Lipinski definition) is 10. The Morgan fingerprint density at radius 3 is 2.49 bits per heavy atom. The molecule has 0 unspecified atom stereocenters. The minimum Gasteiger partial charge on any atom is -0.493 e. The zero-order valence-electron chi connectivity index (χ0n) is 25.6. The van der Waals surface area contributed by atoms with E-state index in [0.29, 0.717) is 29.0 Å². The highest BCUT2D eigenvalue weighted by Crippen LogP contribution is 2.39. The number of nitrogens with zero attached hydrogens (tertiary/aromatic N) is 5. The average Bonchev–Trinajstić information content (AvgIpc) is 3.73. The molecule has 0 aliphatic carbocycles. The zero-order valence-corrected chi connectivity index (χ0v) is 25.6. The van der Waals surface area contributed by atoms with Crippen molar-refractivity contribution in [3.63, 3.8) is 0 Å². The first-order valence-electron chi connectivity index (χ1n) is 14.6. The Labute approximate surface area is 260 Å². The van der Waals surface area contributed by atoms with Crippen LogP contribution in [-0.2, 0) is 4.79 Å². The van der Waals surface area contributed by atoms with E-state index in [-0.39, 0.29) is 18.6 Å². The standard InChI is InChI=1S/C33H35N7O5/c1-20(42)35-23-8-5-7-21(13-23)22-10-11-26-27(14-22)36-33(38-32(26)40-12-6-9-24(40)18-41)37-30-17-39(19-34-30)25-15-28(43-2)31(45-4)29(16-25)44-3/h5,7-8,10-11,13-17,19,24,41H,6,9,12,18H2,1-4H3,(H,35,42)(H,36,37,38)/t24-/m0/s1. The van der Waals surface area contributed by atoms with Gasteiger partial charge in [0.1, 0.15) is 12.1 Å². The number of carbonyl (C=O) groups is 1. The summed E-state index contributed by atoms with van der Waals surface area (Å²) in [6.45, 7) is 2.32. The summed E-state index contributed by atoms with van der Waals surface area (Å²) in [7, 11) is 4.71. The van der Waals surface area contributed by atoms with E-state index in [9.17, 15) is 9.90 Å². The summed E-state index contributed by atoms with van der Waals surface area (Å²) in [5, 5.41) is 17.1. The van der Waals surface area contributed by atoms with Gasteiger partial charge in [0.2, 0.25) is 17.6 Å². The number of imidazole rings is 1. The number of methoxy groups -OCH3 is 3. The van der Waals surface area contributed by atoms with Crippen molar-refractivity contribution in [1.82, 2.24) is 19.5 Å². The Bertz CT molecular complexity index is 1830. The van der Waals surface area contributed by atoms with Crippen LogP contribution in [0, 0.1) is 0 Å². The Morgan fingerprint density at radius 2 is 1.78 bits per heavy atom. The molecule has 1 fully saturated rings. The molecule has 5 aromatic rings. The van der Waals surface area contributed by atoms with Crippen LogP contribution in [-0.4, -0.2) is 71.1 Å². The first-order chi connectivity index (χ1) is 21.9. The molecular weight excluding hydrogens is 574 g/mol. The highest BCUT2D eigenvalue weighted by atomic mass is 16.5. The molecule has 12 heteroatoms. The van der Waals surface area contributed by atoms with Gasteiger partial charge in [0.05, 0.1) is 51.4 Å². The number of hydrogen-bond donors (Lipinski definition) is 3. The second-order valence-corrected chi connectivity index (χ2v) is 10.7. The number of aliphatic hydroxyl groups excluding tert-OH is 1. The minimum absolute atomic E-state index is 0.0239. The molecule has 1 atom stereocenters. The van der Waals surface area contributed by atoms with Gasteiger partial charge in [-0.25, -0.2) is 9.97 Å². The number of aromatic nitrogens is 4. The second kappa shape index (κ2) is 12.7. The van der Waals surface area contributed by atoms with Crippen LogP contribution in [0.1, 0.15) is 19.8 Å². The van der Waals surface area contributed by atoms with E-state index >= 15 is 0 Å². The molecule has 3 aromatic carbocycles. The molecule has 1 saturated heterocycles. The van der Waals surface area contributed by atoms with Crippen LogP contribution in [0.3, 0.4) is 0 Å². The number of benzene rings is 3. The number of aliphatic hydroxyl groups is 1. The maximum absolute atomic E-state index is 11.6. The maximum Gasteiger partial charge on any atom is 0.230 e. The van der Waals surface area contributed by atoms with E-state index in [1.165, 1.54) is 6.92 Å². The topological polar surface area (TPSA) is 136 Å². The number of ether oxygens (including phenoxy) is 3. The van der Waals surface area contributed by atoms with Crippen molar-refractivity contribution in [2.24, 2.45) is 0 Å². The van der Waals surface area contributed by atoms with Gasteiger partial charge < -0.3 is 39.4 Å². The number of amides is 1. The van der Waals surface area contributed by atoms with Gasteiger partial charge in [0, 0.05) is 36.7 Å². The summed E-state index contributed by atoms with van der Waals surface area (Å²) < 4.78 is 18.3. The molecule has 0 radical (unpaired) electrons. The summed E-state index contributed by atoms with van der Waals surface area (Å²) in [6, 6.07) is 17.4. The summed E-state index contributed by atoms with van der Waals surface area (Å²) in [5.41, 5.74) is 4.10. The van der Waals surface area contributed by atoms with Gasteiger partial charge in [-0.05, 0) is 48.2 Å². The van der Waals surface area contributed by atoms with Crippen LogP contribution in [0.25, 0.3) is 27.7 Å². The molecule has 12 nitrogen and oxygen atoms in total. The lowest BCUT2D eigenvalue weighted by Gasteiger charge is -2.26. The Morgan fingerprint density at radius 1 is 1.00 bits per heavy atom. The molecule has 3 N–H and O–H groups in total. The van der Waals surface area contributed by atoms with Crippen molar-refractivity contribution in [2.45, 2.75) is 25.8 Å². The predicted octanol–water partition coefficient (Wildman–Crippen LogP) is 5.17. The number of rotatable bonds is 10. The van der Waals surface area contributed by atoms with Crippen molar-refractivity contribution in [3.8, 4) is 34.1 Å². The quantitative estimate of drug-likeness (QED) is 0.195. The zero-order chi connectivity index (χ0) is 31.5. The van der Waals surface area contributed by atoms with Gasteiger partial charge >= 0.3 is 0 Å². The van der Waals surface area contributed by atoms with Crippen LogP contribution < -0.4 is 29.7 Å². The molecule has 2 aromatic heterocycles. The van der Waals surface area contributed by atoms with Crippen molar-refractivity contribution >= 4 is 40.1 Å². The van der Waals surface area contributed by atoms with Crippen molar-refractivity contribution in [1.29, 1.82) is 0 Å². The number of carbonyl (C=O) groups excluding carboxylic acids is 1. The lowest BCUT2D eigenvalue weighted by molar-refractivity contribution is -0.114. The highest BCUT2D eigenvalue weighted by Gasteiger charge is 2.27. The molecule has 1 aliphatic heterocycles. The van der Waals surface area contributed by atoms with Crippen molar-refractivity contribution in [3.05, 3.63) is 67.1 Å². The Balaban J connectivity index is 1.38. The summed E-state index contributed by atoms with van der Waals surface area (Å²) in [5.74, 6) is 3.09. The summed E-state index contributed by atoms with van der Waals surface area (Å²) in [4.78, 5) is 28.1.